The van der Waals surface area contributed by atoms with Crippen LogP contribution in [-0.2, 0) is 11.2 Å². The van der Waals surface area contributed by atoms with Gasteiger partial charge in [0.2, 0.25) is 0 Å². The summed E-state index contributed by atoms with van der Waals surface area (Å²) >= 11 is 0. The SMILES string of the molecule is COc1cc2c(cc1OCC(=O)Nc1nn[nH]n1)CCN1C[C@@H](c3cc(C)ccc3C)[C@@H](N)C[C@H]21. The van der Waals surface area contributed by atoms with Gasteiger partial charge in [0.15, 0.2) is 18.1 Å². The van der Waals surface area contributed by atoms with E-state index in [1.165, 1.54) is 27.8 Å². The van der Waals surface area contributed by atoms with E-state index in [1.54, 1.807) is 7.11 Å². The number of ether oxygens (including phenoxy) is 2. The molecule has 3 atom stereocenters. The van der Waals surface area contributed by atoms with Crippen LogP contribution < -0.4 is 20.5 Å². The number of anilines is 1. The van der Waals surface area contributed by atoms with Gasteiger partial charge in [0.05, 0.1) is 7.11 Å². The smallest absolute Gasteiger partial charge is 0.269 e. The van der Waals surface area contributed by atoms with Gasteiger partial charge < -0.3 is 15.2 Å². The zero-order valence-electron chi connectivity index (χ0n) is 20.2. The lowest BCUT2D eigenvalue weighted by Crippen LogP contribution is -2.49. The molecule has 1 amide bonds. The second-order valence-electron chi connectivity index (χ2n) is 9.40. The summed E-state index contributed by atoms with van der Waals surface area (Å²) < 4.78 is 11.4. The highest BCUT2D eigenvalue weighted by molar-refractivity contribution is 5.90. The lowest BCUT2D eigenvalue weighted by Gasteiger charge is -2.46. The molecule has 0 radical (unpaired) electrons. The summed E-state index contributed by atoms with van der Waals surface area (Å²) in [4.78, 5) is 14.7. The van der Waals surface area contributed by atoms with E-state index in [2.05, 4.69) is 62.9 Å². The zero-order chi connectivity index (χ0) is 24.5. The van der Waals surface area contributed by atoms with Crippen molar-refractivity contribution >= 4 is 11.9 Å². The topological polar surface area (TPSA) is 131 Å². The van der Waals surface area contributed by atoms with Crippen molar-refractivity contribution in [3.63, 3.8) is 0 Å². The Morgan fingerprint density at radius 1 is 1.23 bits per heavy atom. The first-order chi connectivity index (χ1) is 16.9. The summed E-state index contributed by atoms with van der Waals surface area (Å²) in [5.74, 6) is 1.17. The van der Waals surface area contributed by atoms with E-state index in [1.807, 2.05) is 12.1 Å². The molecular formula is C25H31N7O3. The van der Waals surface area contributed by atoms with Crippen molar-refractivity contribution in [2.24, 2.45) is 5.73 Å². The Morgan fingerprint density at radius 3 is 2.86 bits per heavy atom. The molecule has 3 aromatic rings. The number of methoxy groups -OCH3 is 1. The van der Waals surface area contributed by atoms with Gasteiger partial charge in [-0.1, -0.05) is 28.9 Å². The fourth-order valence-corrected chi connectivity index (χ4v) is 5.35. The summed E-state index contributed by atoms with van der Waals surface area (Å²) in [6.07, 6.45) is 1.78. The number of rotatable bonds is 6. The van der Waals surface area contributed by atoms with Crippen LogP contribution in [0.2, 0.25) is 0 Å². The van der Waals surface area contributed by atoms with Crippen molar-refractivity contribution in [3.8, 4) is 11.5 Å². The van der Waals surface area contributed by atoms with Crippen molar-refractivity contribution in [2.75, 3.05) is 32.1 Å². The maximum Gasteiger partial charge on any atom is 0.269 e. The molecule has 0 aliphatic carbocycles. The van der Waals surface area contributed by atoms with Gasteiger partial charge in [0, 0.05) is 31.1 Å². The summed E-state index contributed by atoms with van der Waals surface area (Å²) in [5, 5.41) is 15.6. The minimum Gasteiger partial charge on any atom is -0.493 e. The molecule has 1 aromatic heterocycles. The van der Waals surface area contributed by atoms with Crippen LogP contribution in [0.4, 0.5) is 5.95 Å². The normalized spacial score (nSPS) is 21.7. The number of aromatic nitrogens is 4. The van der Waals surface area contributed by atoms with E-state index < -0.39 is 0 Å². The van der Waals surface area contributed by atoms with Crippen LogP contribution in [0, 0.1) is 13.8 Å². The molecule has 2 aliphatic rings. The number of carbonyl (C=O) groups is 1. The Bertz CT molecular complexity index is 1210. The number of carbonyl (C=O) groups excluding carboxylic acids is 1. The predicted molar refractivity (Wildman–Crippen MR) is 131 cm³/mol. The summed E-state index contributed by atoms with van der Waals surface area (Å²) in [7, 11) is 1.61. The minimum atomic E-state index is -0.381. The maximum absolute atomic E-state index is 12.2. The molecule has 1 fully saturated rings. The number of nitrogens with two attached hydrogens (primary N) is 1. The summed E-state index contributed by atoms with van der Waals surface area (Å²) in [6.45, 7) is 6.01. The standard InChI is InChI=1S/C25H31N7O3/c1-14-4-5-15(2)17(8-14)19-12-32-7-6-16-9-23(35-13-24(33)27-25-28-30-31-29-25)22(34-3)10-18(16)21(32)11-20(19)26/h4-5,8-10,19-21H,6-7,11-13,26H2,1-3H3,(H2,27,28,29,30,31,33)/t19-,20-,21+/m0/s1. The highest BCUT2D eigenvalue weighted by Gasteiger charge is 2.39. The van der Waals surface area contributed by atoms with Gasteiger partial charge >= 0.3 is 0 Å². The number of piperidine rings is 1. The Balaban J connectivity index is 1.33. The van der Waals surface area contributed by atoms with E-state index in [9.17, 15) is 4.79 Å². The number of benzene rings is 2. The van der Waals surface area contributed by atoms with Crippen molar-refractivity contribution in [1.82, 2.24) is 25.5 Å². The van der Waals surface area contributed by atoms with E-state index in [-0.39, 0.29) is 30.5 Å². The average molecular weight is 478 g/mol. The molecule has 0 bridgehead atoms. The molecule has 0 unspecified atom stereocenters. The lowest BCUT2D eigenvalue weighted by atomic mass is 9.77. The molecule has 3 heterocycles. The quantitative estimate of drug-likeness (QED) is 0.493. The van der Waals surface area contributed by atoms with Gasteiger partial charge in [0.1, 0.15) is 0 Å². The molecular weight excluding hydrogens is 446 g/mol. The Labute approximate surface area is 204 Å². The highest BCUT2D eigenvalue weighted by atomic mass is 16.5. The fourth-order valence-electron chi connectivity index (χ4n) is 5.35. The van der Waals surface area contributed by atoms with Crippen LogP contribution in [-0.4, -0.2) is 64.3 Å². The molecule has 2 aromatic carbocycles. The Morgan fingerprint density at radius 2 is 2.09 bits per heavy atom. The zero-order valence-corrected chi connectivity index (χ0v) is 20.2. The molecule has 184 valence electrons. The second kappa shape index (κ2) is 9.63. The van der Waals surface area contributed by atoms with E-state index in [0.29, 0.717) is 17.4 Å². The first kappa shape index (κ1) is 23.3. The number of nitrogens with zero attached hydrogens (tertiary/aromatic N) is 4. The van der Waals surface area contributed by atoms with E-state index in [4.69, 9.17) is 15.2 Å². The molecule has 1 saturated heterocycles. The second-order valence-corrected chi connectivity index (χ2v) is 9.40. The van der Waals surface area contributed by atoms with Gasteiger partial charge in [-0.2, -0.15) is 5.21 Å². The molecule has 5 rings (SSSR count). The Kier molecular flexibility index (Phi) is 6.40. The van der Waals surface area contributed by atoms with Crippen molar-refractivity contribution in [1.29, 1.82) is 0 Å². The number of nitrogens with one attached hydrogen (secondary N) is 2. The molecule has 4 N–H and O–H groups in total. The van der Waals surface area contributed by atoms with Crippen LogP contribution in [0.25, 0.3) is 0 Å². The number of H-pyrrole nitrogens is 1. The molecule has 35 heavy (non-hydrogen) atoms. The van der Waals surface area contributed by atoms with Crippen molar-refractivity contribution in [3.05, 3.63) is 58.1 Å². The van der Waals surface area contributed by atoms with E-state index >= 15 is 0 Å². The number of hydrogen-bond donors (Lipinski definition) is 3. The van der Waals surface area contributed by atoms with Gasteiger partial charge in [-0.3, -0.25) is 15.0 Å². The minimum absolute atomic E-state index is 0.0680. The number of aromatic amines is 1. The number of hydrogen-bond acceptors (Lipinski definition) is 8. The largest absolute Gasteiger partial charge is 0.493 e. The molecule has 2 aliphatic heterocycles. The number of fused-ring (bicyclic) bond motifs is 3. The Hall–Kier alpha value is -3.50. The van der Waals surface area contributed by atoms with Crippen molar-refractivity contribution in [2.45, 2.75) is 44.7 Å². The maximum atomic E-state index is 12.2. The van der Waals surface area contributed by atoms with Crippen LogP contribution >= 0.6 is 0 Å². The molecule has 10 nitrogen and oxygen atoms in total. The number of amides is 1. The highest BCUT2D eigenvalue weighted by Crippen LogP contribution is 2.44. The molecule has 10 heteroatoms. The fraction of sp³-hybridized carbons (Fsp3) is 0.440. The van der Waals surface area contributed by atoms with Crippen molar-refractivity contribution < 1.29 is 14.3 Å². The predicted octanol–water partition coefficient (Wildman–Crippen LogP) is 2.26. The monoisotopic (exact) mass is 477 g/mol. The van der Waals surface area contributed by atoms with Crippen LogP contribution in [0.3, 0.4) is 0 Å². The summed E-state index contributed by atoms with van der Waals surface area (Å²) in [6, 6.07) is 11.0. The van der Waals surface area contributed by atoms with Gasteiger partial charge in [0.25, 0.3) is 11.9 Å². The van der Waals surface area contributed by atoms with Gasteiger partial charge in [-0.25, -0.2) is 0 Å². The number of tetrazole rings is 1. The average Bonchev–Trinajstić information content (AvgIpc) is 3.36. The molecule has 0 spiro atoms. The third-order valence-electron chi connectivity index (χ3n) is 7.13. The first-order valence-electron chi connectivity index (χ1n) is 11.9. The third-order valence-corrected chi connectivity index (χ3v) is 7.13. The third kappa shape index (κ3) is 4.71. The van der Waals surface area contributed by atoms with Crippen LogP contribution in [0.5, 0.6) is 11.5 Å². The van der Waals surface area contributed by atoms with Crippen LogP contribution in [0.15, 0.2) is 30.3 Å². The van der Waals surface area contributed by atoms with Gasteiger partial charge in [-0.15, -0.1) is 5.10 Å². The number of aryl methyl sites for hydroxylation is 2. The molecule has 0 saturated carbocycles. The summed E-state index contributed by atoms with van der Waals surface area (Å²) in [5.41, 5.74) is 13.2. The lowest BCUT2D eigenvalue weighted by molar-refractivity contribution is -0.118. The van der Waals surface area contributed by atoms with E-state index in [0.717, 1.165) is 25.9 Å². The van der Waals surface area contributed by atoms with Gasteiger partial charge in [-0.05, 0) is 66.3 Å². The van der Waals surface area contributed by atoms with Crippen LogP contribution in [0.1, 0.15) is 46.2 Å². The first-order valence-corrected chi connectivity index (χ1v) is 11.9.